The molecule has 0 spiro atoms. The van der Waals surface area contributed by atoms with Crippen LogP contribution in [0.15, 0.2) is 69.3 Å². The van der Waals surface area contributed by atoms with E-state index in [2.05, 4.69) is 26.7 Å². The number of rotatable bonds is 11. The van der Waals surface area contributed by atoms with E-state index in [9.17, 15) is 16.8 Å². The standard InChI is InChI=1S/C25H32N4O4S3/c1-19(20-8-3-2-4-9-20)16-26-17-21-10-5-6-11-23(21)29-35(30,31)24-14-13-22(18-27-24)28-36(32,33)25-12-7-15-34-25/h5-7,10-15,18-20,26,28-29H,2-4,8-9,16-17H2,1H3. The van der Waals surface area contributed by atoms with Gasteiger partial charge in [0.2, 0.25) is 0 Å². The molecule has 1 saturated carbocycles. The second kappa shape index (κ2) is 11.7. The number of para-hydroxylation sites is 1. The highest BCUT2D eigenvalue weighted by molar-refractivity contribution is 7.94. The molecule has 0 radical (unpaired) electrons. The van der Waals surface area contributed by atoms with E-state index in [1.54, 1.807) is 23.6 Å². The van der Waals surface area contributed by atoms with Gasteiger partial charge in [0.05, 0.1) is 17.6 Å². The van der Waals surface area contributed by atoms with Crippen LogP contribution in [0.5, 0.6) is 0 Å². The Hall–Kier alpha value is -2.47. The van der Waals surface area contributed by atoms with Gasteiger partial charge in [-0.05, 0) is 53.6 Å². The molecule has 0 saturated heterocycles. The number of hydrogen-bond acceptors (Lipinski definition) is 7. The van der Waals surface area contributed by atoms with Crippen molar-refractivity contribution in [3.05, 3.63) is 65.7 Å². The average Bonchev–Trinajstić information content (AvgIpc) is 3.42. The van der Waals surface area contributed by atoms with Crippen LogP contribution in [0.1, 0.15) is 44.6 Å². The van der Waals surface area contributed by atoms with E-state index in [-0.39, 0.29) is 14.9 Å². The van der Waals surface area contributed by atoms with Crippen LogP contribution in [-0.4, -0.2) is 28.4 Å². The van der Waals surface area contributed by atoms with Crippen LogP contribution >= 0.6 is 11.3 Å². The van der Waals surface area contributed by atoms with E-state index in [0.29, 0.717) is 18.2 Å². The Bertz CT molecular complexity index is 1340. The number of thiophene rings is 1. The van der Waals surface area contributed by atoms with E-state index < -0.39 is 20.0 Å². The van der Waals surface area contributed by atoms with Gasteiger partial charge in [-0.15, -0.1) is 11.3 Å². The van der Waals surface area contributed by atoms with Crippen molar-refractivity contribution < 1.29 is 16.8 Å². The number of sulfonamides is 2. The molecule has 1 fully saturated rings. The van der Waals surface area contributed by atoms with Gasteiger partial charge in [-0.25, -0.2) is 13.4 Å². The zero-order chi connectivity index (χ0) is 25.6. The fourth-order valence-electron chi connectivity index (χ4n) is 4.50. The topological polar surface area (TPSA) is 117 Å². The van der Waals surface area contributed by atoms with Crippen LogP contribution in [0.2, 0.25) is 0 Å². The summed E-state index contributed by atoms with van der Waals surface area (Å²) in [4.78, 5) is 3.99. The van der Waals surface area contributed by atoms with Crippen LogP contribution in [0, 0.1) is 11.8 Å². The van der Waals surface area contributed by atoms with Gasteiger partial charge in [0.1, 0.15) is 4.21 Å². The van der Waals surface area contributed by atoms with Crippen molar-refractivity contribution in [2.75, 3.05) is 16.0 Å². The minimum atomic E-state index is -3.96. The third-order valence-electron chi connectivity index (χ3n) is 6.52. The lowest BCUT2D eigenvalue weighted by molar-refractivity contribution is 0.256. The van der Waals surface area contributed by atoms with Gasteiger partial charge < -0.3 is 5.32 Å². The lowest BCUT2D eigenvalue weighted by Crippen LogP contribution is -2.27. The van der Waals surface area contributed by atoms with E-state index in [1.165, 1.54) is 56.5 Å². The SMILES string of the molecule is CC(CNCc1ccccc1NS(=O)(=O)c1ccc(NS(=O)(=O)c2cccs2)cn1)C1CCCCC1. The van der Waals surface area contributed by atoms with Gasteiger partial charge in [0, 0.05) is 6.54 Å². The van der Waals surface area contributed by atoms with Gasteiger partial charge in [-0.1, -0.05) is 63.3 Å². The predicted octanol–water partition coefficient (Wildman–Crippen LogP) is 5.05. The summed E-state index contributed by atoms with van der Waals surface area (Å²) in [6, 6.07) is 13.1. The van der Waals surface area contributed by atoms with Gasteiger partial charge in [0.25, 0.3) is 20.0 Å². The minimum absolute atomic E-state index is 0.166. The summed E-state index contributed by atoms with van der Waals surface area (Å²) < 4.78 is 55.9. The number of hydrogen-bond donors (Lipinski definition) is 3. The summed E-state index contributed by atoms with van der Waals surface area (Å²) in [5.41, 5.74) is 1.51. The van der Waals surface area contributed by atoms with Crippen molar-refractivity contribution in [1.82, 2.24) is 10.3 Å². The summed E-state index contributed by atoms with van der Waals surface area (Å²) in [5.74, 6) is 1.33. The summed E-state index contributed by atoms with van der Waals surface area (Å²) in [7, 11) is -7.70. The largest absolute Gasteiger partial charge is 0.312 e. The third kappa shape index (κ3) is 6.84. The summed E-state index contributed by atoms with van der Waals surface area (Å²) in [5, 5.41) is 4.96. The zero-order valence-electron chi connectivity index (χ0n) is 20.2. The molecule has 2 heterocycles. The molecule has 0 amide bonds. The first-order valence-corrected chi connectivity index (χ1v) is 15.9. The molecule has 1 aliphatic rings. The highest BCUT2D eigenvalue weighted by atomic mass is 32.2. The number of pyridine rings is 1. The molecule has 36 heavy (non-hydrogen) atoms. The molecule has 8 nitrogen and oxygen atoms in total. The monoisotopic (exact) mass is 548 g/mol. The summed E-state index contributed by atoms with van der Waals surface area (Å²) >= 11 is 1.09. The molecule has 2 aromatic heterocycles. The highest BCUT2D eigenvalue weighted by Gasteiger charge is 2.21. The maximum atomic E-state index is 13.0. The zero-order valence-corrected chi connectivity index (χ0v) is 22.6. The van der Waals surface area contributed by atoms with Gasteiger partial charge in [-0.3, -0.25) is 9.44 Å². The molecule has 1 aliphatic carbocycles. The Labute approximate surface area is 217 Å². The lowest BCUT2D eigenvalue weighted by Gasteiger charge is -2.28. The van der Waals surface area contributed by atoms with Crippen LogP contribution < -0.4 is 14.8 Å². The molecule has 1 atom stereocenters. The maximum absolute atomic E-state index is 13.0. The first-order valence-electron chi connectivity index (χ1n) is 12.1. The number of nitrogens with zero attached hydrogens (tertiary/aromatic N) is 1. The summed E-state index contributed by atoms with van der Waals surface area (Å²) in [6.45, 7) is 3.72. The molecular formula is C25H32N4O4S3. The first kappa shape index (κ1) is 26.6. The Morgan fingerprint density at radius 1 is 0.944 bits per heavy atom. The van der Waals surface area contributed by atoms with Crippen molar-refractivity contribution in [3.8, 4) is 0 Å². The van der Waals surface area contributed by atoms with Crippen LogP contribution in [-0.2, 0) is 26.6 Å². The molecule has 3 aromatic rings. The average molecular weight is 549 g/mol. The molecule has 4 rings (SSSR count). The van der Waals surface area contributed by atoms with Crippen molar-refractivity contribution in [1.29, 1.82) is 0 Å². The Kier molecular flexibility index (Phi) is 8.66. The quantitative estimate of drug-likeness (QED) is 0.309. The highest BCUT2D eigenvalue weighted by Crippen LogP contribution is 2.29. The van der Waals surface area contributed by atoms with Crippen LogP contribution in [0.4, 0.5) is 11.4 Å². The Balaban J connectivity index is 1.38. The smallest absolute Gasteiger partial charge is 0.279 e. The van der Waals surface area contributed by atoms with Gasteiger partial charge in [0.15, 0.2) is 5.03 Å². The number of aromatic nitrogens is 1. The molecule has 1 unspecified atom stereocenters. The van der Waals surface area contributed by atoms with Gasteiger partial charge in [-0.2, -0.15) is 8.42 Å². The molecule has 0 aliphatic heterocycles. The molecule has 0 bridgehead atoms. The van der Waals surface area contributed by atoms with E-state index in [0.717, 1.165) is 29.4 Å². The van der Waals surface area contributed by atoms with E-state index in [1.807, 2.05) is 12.1 Å². The molecule has 3 N–H and O–H groups in total. The molecule has 11 heteroatoms. The van der Waals surface area contributed by atoms with Gasteiger partial charge >= 0.3 is 0 Å². The predicted molar refractivity (Wildman–Crippen MR) is 144 cm³/mol. The van der Waals surface area contributed by atoms with E-state index >= 15 is 0 Å². The van der Waals surface area contributed by atoms with Crippen LogP contribution in [0.3, 0.4) is 0 Å². The van der Waals surface area contributed by atoms with Crippen molar-refractivity contribution in [2.24, 2.45) is 11.8 Å². The Morgan fingerprint density at radius 2 is 1.72 bits per heavy atom. The first-order chi connectivity index (χ1) is 17.2. The summed E-state index contributed by atoms with van der Waals surface area (Å²) in [6.07, 6.45) is 7.75. The number of benzene rings is 1. The number of anilines is 2. The molecular weight excluding hydrogens is 517 g/mol. The van der Waals surface area contributed by atoms with Crippen molar-refractivity contribution in [3.63, 3.8) is 0 Å². The Morgan fingerprint density at radius 3 is 2.42 bits per heavy atom. The number of nitrogens with one attached hydrogen (secondary N) is 3. The van der Waals surface area contributed by atoms with Crippen molar-refractivity contribution >= 4 is 42.8 Å². The van der Waals surface area contributed by atoms with Crippen molar-refractivity contribution in [2.45, 2.75) is 54.8 Å². The fourth-order valence-corrected chi connectivity index (χ4v) is 7.56. The maximum Gasteiger partial charge on any atom is 0.279 e. The second-order valence-electron chi connectivity index (χ2n) is 9.19. The second-order valence-corrected chi connectivity index (χ2v) is 13.7. The fraction of sp³-hybridized carbons (Fsp3) is 0.400. The molecule has 1 aromatic carbocycles. The van der Waals surface area contributed by atoms with E-state index in [4.69, 9.17) is 0 Å². The third-order valence-corrected chi connectivity index (χ3v) is 10.6. The van der Waals surface area contributed by atoms with Crippen LogP contribution in [0.25, 0.3) is 0 Å². The minimum Gasteiger partial charge on any atom is -0.312 e. The normalized spacial score (nSPS) is 15.9. The molecule has 194 valence electrons. The lowest BCUT2D eigenvalue weighted by atomic mass is 9.81.